The van der Waals surface area contributed by atoms with Crippen LogP contribution in [-0.2, 0) is 4.79 Å². The SMILES string of the molecule is CC(C)NC(=O)/C(C#N)=C/c1ccccc1OC(F)(F)F. The highest BCUT2D eigenvalue weighted by molar-refractivity contribution is 6.02. The van der Waals surface area contributed by atoms with E-state index < -0.39 is 18.0 Å². The molecule has 1 aromatic rings. The monoisotopic (exact) mass is 298 g/mol. The summed E-state index contributed by atoms with van der Waals surface area (Å²) in [7, 11) is 0. The van der Waals surface area contributed by atoms with Crippen LogP contribution >= 0.6 is 0 Å². The number of hydrogen-bond acceptors (Lipinski definition) is 3. The maximum absolute atomic E-state index is 12.3. The van der Waals surface area contributed by atoms with E-state index in [1.54, 1.807) is 19.9 Å². The summed E-state index contributed by atoms with van der Waals surface area (Å²) in [5.41, 5.74) is -0.313. The minimum absolute atomic E-state index is 0.00900. The Morgan fingerprint density at radius 1 is 1.38 bits per heavy atom. The van der Waals surface area contributed by atoms with E-state index in [1.165, 1.54) is 18.2 Å². The fraction of sp³-hybridized carbons (Fsp3) is 0.286. The number of amides is 1. The molecule has 1 amide bonds. The Bertz CT molecular complexity index is 587. The van der Waals surface area contributed by atoms with Gasteiger partial charge in [-0.05, 0) is 26.0 Å². The van der Waals surface area contributed by atoms with Crippen LogP contribution in [0.2, 0.25) is 0 Å². The molecule has 21 heavy (non-hydrogen) atoms. The number of rotatable bonds is 4. The molecule has 0 saturated heterocycles. The lowest BCUT2D eigenvalue weighted by Gasteiger charge is -2.11. The van der Waals surface area contributed by atoms with Crippen molar-refractivity contribution in [2.24, 2.45) is 0 Å². The molecule has 7 heteroatoms. The maximum Gasteiger partial charge on any atom is 0.573 e. The lowest BCUT2D eigenvalue weighted by atomic mass is 10.1. The molecule has 1 N–H and O–H groups in total. The highest BCUT2D eigenvalue weighted by Gasteiger charge is 2.31. The Balaban J connectivity index is 3.12. The topological polar surface area (TPSA) is 62.1 Å². The van der Waals surface area contributed by atoms with Crippen molar-refractivity contribution in [2.45, 2.75) is 26.3 Å². The highest BCUT2D eigenvalue weighted by atomic mass is 19.4. The highest BCUT2D eigenvalue weighted by Crippen LogP contribution is 2.27. The molecule has 0 aliphatic heterocycles. The normalized spacial score (nSPS) is 12.0. The predicted octanol–water partition coefficient (Wildman–Crippen LogP) is 3.02. The van der Waals surface area contributed by atoms with E-state index in [0.29, 0.717) is 0 Å². The first-order valence-electron chi connectivity index (χ1n) is 6.00. The summed E-state index contributed by atoms with van der Waals surface area (Å²) in [6.07, 6.45) is -3.80. The van der Waals surface area contributed by atoms with Crippen LogP contribution in [0.4, 0.5) is 13.2 Å². The Hall–Kier alpha value is -2.49. The Morgan fingerprint density at radius 2 is 2.00 bits per heavy atom. The van der Waals surface area contributed by atoms with Gasteiger partial charge in [-0.15, -0.1) is 13.2 Å². The average molecular weight is 298 g/mol. The molecule has 0 radical (unpaired) electrons. The van der Waals surface area contributed by atoms with Crippen molar-refractivity contribution < 1.29 is 22.7 Å². The first-order chi connectivity index (χ1) is 9.73. The summed E-state index contributed by atoms with van der Waals surface area (Å²) < 4.78 is 40.7. The zero-order chi connectivity index (χ0) is 16.0. The maximum atomic E-state index is 12.3. The molecule has 0 atom stereocenters. The molecule has 0 heterocycles. The number of nitriles is 1. The Labute approximate surface area is 119 Å². The van der Waals surface area contributed by atoms with Gasteiger partial charge in [0.15, 0.2) is 0 Å². The first kappa shape index (κ1) is 16.6. The van der Waals surface area contributed by atoms with Crippen LogP contribution in [0.15, 0.2) is 29.8 Å². The lowest BCUT2D eigenvalue weighted by molar-refractivity contribution is -0.274. The van der Waals surface area contributed by atoms with Crippen LogP contribution < -0.4 is 10.1 Å². The summed E-state index contributed by atoms with van der Waals surface area (Å²) in [5.74, 6) is -1.13. The molecule has 0 spiro atoms. The van der Waals surface area contributed by atoms with Crippen molar-refractivity contribution in [2.75, 3.05) is 0 Å². The average Bonchev–Trinajstić information content (AvgIpc) is 2.34. The molecule has 0 saturated carbocycles. The van der Waals surface area contributed by atoms with E-state index in [1.807, 2.05) is 0 Å². The van der Waals surface area contributed by atoms with Crippen molar-refractivity contribution in [1.29, 1.82) is 5.26 Å². The fourth-order valence-electron chi connectivity index (χ4n) is 1.46. The van der Waals surface area contributed by atoms with Gasteiger partial charge in [0, 0.05) is 11.6 Å². The van der Waals surface area contributed by atoms with Gasteiger partial charge in [0.2, 0.25) is 0 Å². The van der Waals surface area contributed by atoms with Crippen molar-refractivity contribution in [1.82, 2.24) is 5.32 Å². The van der Waals surface area contributed by atoms with E-state index in [2.05, 4.69) is 10.1 Å². The molecule has 1 rings (SSSR count). The van der Waals surface area contributed by atoms with Gasteiger partial charge in [-0.25, -0.2) is 0 Å². The minimum atomic E-state index is -4.85. The molecular formula is C14H13F3N2O2. The van der Waals surface area contributed by atoms with Crippen LogP contribution in [0, 0.1) is 11.3 Å². The number of ether oxygens (including phenoxy) is 1. The quantitative estimate of drug-likeness (QED) is 0.686. The molecular weight excluding hydrogens is 285 g/mol. The van der Waals surface area contributed by atoms with Crippen LogP contribution in [0.25, 0.3) is 6.08 Å². The third kappa shape index (κ3) is 5.57. The number of nitrogens with one attached hydrogen (secondary N) is 1. The number of benzene rings is 1. The van der Waals surface area contributed by atoms with E-state index >= 15 is 0 Å². The third-order valence-electron chi connectivity index (χ3n) is 2.23. The number of nitrogens with zero attached hydrogens (tertiary/aromatic N) is 1. The van der Waals surface area contributed by atoms with Gasteiger partial charge in [-0.1, -0.05) is 18.2 Å². The number of alkyl halides is 3. The molecule has 0 aliphatic rings. The van der Waals surface area contributed by atoms with Gasteiger partial charge in [0.05, 0.1) is 0 Å². The first-order valence-corrected chi connectivity index (χ1v) is 6.00. The summed E-state index contributed by atoms with van der Waals surface area (Å²) in [6, 6.07) is 6.72. The second-order valence-corrected chi connectivity index (χ2v) is 4.38. The van der Waals surface area contributed by atoms with Gasteiger partial charge in [0.25, 0.3) is 5.91 Å². The molecule has 0 aromatic heterocycles. The van der Waals surface area contributed by atoms with Crippen molar-refractivity contribution in [3.63, 3.8) is 0 Å². The number of para-hydroxylation sites is 1. The molecule has 112 valence electrons. The van der Waals surface area contributed by atoms with E-state index in [0.717, 1.165) is 12.1 Å². The van der Waals surface area contributed by atoms with E-state index in [-0.39, 0.29) is 17.2 Å². The fourth-order valence-corrected chi connectivity index (χ4v) is 1.46. The molecule has 0 unspecified atom stereocenters. The second kappa shape index (κ2) is 6.79. The Morgan fingerprint density at radius 3 is 2.52 bits per heavy atom. The predicted molar refractivity (Wildman–Crippen MR) is 70.0 cm³/mol. The summed E-state index contributed by atoms with van der Waals surface area (Å²) in [5, 5.41) is 11.4. The number of hydrogen-bond donors (Lipinski definition) is 1. The van der Waals surface area contributed by atoms with Gasteiger partial charge < -0.3 is 10.1 Å². The summed E-state index contributed by atoms with van der Waals surface area (Å²) in [6.45, 7) is 3.40. The molecule has 0 fully saturated rings. The van der Waals surface area contributed by atoms with Crippen molar-refractivity contribution in [3.05, 3.63) is 35.4 Å². The Kier molecular flexibility index (Phi) is 5.36. The molecule has 0 bridgehead atoms. The number of carbonyl (C=O) groups excluding carboxylic acids is 1. The minimum Gasteiger partial charge on any atom is -0.405 e. The number of halogens is 3. The van der Waals surface area contributed by atoms with Gasteiger partial charge in [-0.3, -0.25) is 4.79 Å². The summed E-state index contributed by atoms with van der Waals surface area (Å²) >= 11 is 0. The zero-order valence-electron chi connectivity index (χ0n) is 11.4. The molecule has 4 nitrogen and oxygen atoms in total. The van der Waals surface area contributed by atoms with Crippen molar-refractivity contribution in [3.8, 4) is 11.8 Å². The standard InChI is InChI=1S/C14H13F3N2O2/c1-9(2)19-13(20)11(8-18)7-10-5-3-4-6-12(10)21-14(15,16)17/h3-7,9H,1-2H3,(H,19,20)/b11-7+. The summed E-state index contributed by atoms with van der Waals surface area (Å²) in [4.78, 5) is 11.7. The smallest absolute Gasteiger partial charge is 0.405 e. The lowest BCUT2D eigenvalue weighted by Crippen LogP contribution is -2.30. The van der Waals surface area contributed by atoms with Crippen LogP contribution in [0.1, 0.15) is 19.4 Å². The largest absolute Gasteiger partial charge is 0.573 e. The van der Waals surface area contributed by atoms with Crippen LogP contribution in [-0.4, -0.2) is 18.3 Å². The zero-order valence-corrected chi connectivity index (χ0v) is 11.4. The second-order valence-electron chi connectivity index (χ2n) is 4.38. The van der Waals surface area contributed by atoms with Gasteiger partial charge in [0.1, 0.15) is 17.4 Å². The van der Waals surface area contributed by atoms with E-state index in [9.17, 15) is 18.0 Å². The number of carbonyl (C=O) groups is 1. The van der Waals surface area contributed by atoms with Crippen LogP contribution in [0.3, 0.4) is 0 Å². The molecule has 0 aliphatic carbocycles. The van der Waals surface area contributed by atoms with E-state index in [4.69, 9.17) is 5.26 Å². The van der Waals surface area contributed by atoms with Gasteiger partial charge >= 0.3 is 6.36 Å². The molecule has 1 aromatic carbocycles. The van der Waals surface area contributed by atoms with Crippen LogP contribution in [0.5, 0.6) is 5.75 Å². The third-order valence-corrected chi connectivity index (χ3v) is 2.23. The van der Waals surface area contributed by atoms with Crippen molar-refractivity contribution >= 4 is 12.0 Å². The van der Waals surface area contributed by atoms with Gasteiger partial charge in [-0.2, -0.15) is 5.26 Å².